The molecule has 0 radical (unpaired) electrons. The fourth-order valence-corrected chi connectivity index (χ4v) is 4.03. The highest BCUT2D eigenvalue weighted by Gasteiger charge is 2.33. The summed E-state index contributed by atoms with van der Waals surface area (Å²) in [4.78, 5) is 0. The lowest BCUT2D eigenvalue weighted by molar-refractivity contribution is -0.00444. The van der Waals surface area contributed by atoms with Crippen molar-refractivity contribution in [1.29, 1.82) is 0 Å². The minimum absolute atomic E-state index is 0.0404. The van der Waals surface area contributed by atoms with Crippen LogP contribution in [0.5, 0.6) is 0 Å². The Hall–Kier alpha value is -0.210. The van der Waals surface area contributed by atoms with Crippen molar-refractivity contribution in [3.05, 3.63) is 0 Å². The average Bonchev–Trinajstić information content (AvgIpc) is 2.68. The lowest BCUT2D eigenvalue weighted by Crippen LogP contribution is -2.51. The molecule has 7 heteroatoms. The molecule has 0 bridgehead atoms. The molecule has 1 atom stereocenters. The molecule has 2 fully saturated rings. The van der Waals surface area contributed by atoms with E-state index in [2.05, 4.69) is 5.32 Å². The average molecular weight is 277 g/mol. The van der Waals surface area contributed by atoms with E-state index in [-0.39, 0.29) is 6.10 Å². The van der Waals surface area contributed by atoms with Gasteiger partial charge in [0.2, 0.25) is 0 Å². The Morgan fingerprint density at radius 3 is 2.83 bits per heavy atom. The first-order chi connectivity index (χ1) is 8.64. The second kappa shape index (κ2) is 6.29. The zero-order chi connectivity index (χ0) is 13.0. The van der Waals surface area contributed by atoms with Gasteiger partial charge in [-0.25, -0.2) is 0 Å². The Morgan fingerprint density at radius 1 is 1.22 bits per heavy atom. The molecule has 0 aromatic rings. The SMILES string of the molecule is CCC1CN(S(=O)(=O)N2CCCNCC2)CCO1. The van der Waals surface area contributed by atoms with E-state index < -0.39 is 10.2 Å². The highest BCUT2D eigenvalue weighted by Crippen LogP contribution is 2.16. The predicted octanol–water partition coefficient (Wildman–Crippen LogP) is -0.363. The summed E-state index contributed by atoms with van der Waals surface area (Å²) in [6.07, 6.45) is 1.77. The topological polar surface area (TPSA) is 61.9 Å². The molecule has 2 aliphatic heterocycles. The summed E-state index contributed by atoms with van der Waals surface area (Å²) in [5.74, 6) is 0. The molecular formula is C11H23N3O3S. The molecule has 2 aliphatic rings. The Morgan fingerprint density at radius 2 is 2.06 bits per heavy atom. The van der Waals surface area contributed by atoms with Crippen LogP contribution < -0.4 is 5.32 Å². The number of hydrogen-bond donors (Lipinski definition) is 1. The first-order valence-electron chi connectivity index (χ1n) is 6.72. The normalized spacial score (nSPS) is 29.1. The molecule has 2 rings (SSSR count). The van der Waals surface area contributed by atoms with Crippen LogP contribution in [0.25, 0.3) is 0 Å². The van der Waals surface area contributed by atoms with Crippen LogP contribution in [0.15, 0.2) is 0 Å². The standard InChI is InChI=1S/C11H23N3O3S/c1-2-11-10-14(8-9-17-11)18(15,16)13-6-3-4-12-5-7-13/h11-12H,2-10H2,1H3. The molecule has 2 saturated heterocycles. The Bertz CT molecular complexity index is 353. The van der Waals surface area contributed by atoms with Gasteiger partial charge in [-0.1, -0.05) is 6.92 Å². The van der Waals surface area contributed by atoms with Gasteiger partial charge in [0, 0.05) is 32.7 Å². The quantitative estimate of drug-likeness (QED) is 0.765. The van der Waals surface area contributed by atoms with Crippen LogP contribution >= 0.6 is 0 Å². The monoisotopic (exact) mass is 277 g/mol. The molecule has 0 aromatic carbocycles. The maximum atomic E-state index is 12.5. The summed E-state index contributed by atoms with van der Waals surface area (Å²) >= 11 is 0. The third-order valence-electron chi connectivity index (χ3n) is 3.51. The molecule has 0 saturated carbocycles. The fourth-order valence-electron chi connectivity index (χ4n) is 2.36. The van der Waals surface area contributed by atoms with Gasteiger partial charge in [0.1, 0.15) is 0 Å². The summed E-state index contributed by atoms with van der Waals surface area (Å²) in [5, 5.41) is 3.22. The van der Waals surface area contributed by atoms with E-state index in [1.54, 1.807) is 8.61 Å². The third-order valence-corrected chi connectivity index (χ3v) is 5.51. The minimum Gasteiger partial charge on any atom is -0.375 e. The van der Waals surface area contributed by atoms with E-state index >= 15 is 0 Å². The van der Waals surface area contributed by atoms with Gasteiger partial charge in [0.25, 0.3) is 10.2 Å². The zero-order valence-electron chi connectivity index (χ0n) is 11.0. The molecule has 2 heterocycles. The van der Waals surface area contributed by atoms with Crippen LogP contribution in [0.2, 0.25) is 0 Å². The predicted molar refractivity (Wildman–Crippen MR) is 69.6 cm³/mol. The number of ether oxygens (including phenoxy) is 1. The number of nitrogens with zero attached hydrogens (tertiary/aromatic N) is 2. The highest BCUT2D eigenvalue weighted by molar-refractivity contribution is 7.86. The van der Waals surface area contributed by atoms with Gasteiger partial charge >= 0.3 is 0 Å². The largest absolute Gasteiger partial charge is 0.375 e. The van der Waals surface area contributed by atoms with Crippen molar-refractivity contribution in [3.8, 4) is 0 Å². The van der Waals surface area contributed by atoms with Crippen molar-refractivity contribution in [3.63, 3.8) is 0 Å². The molecule has 1 N–H and O–H groups in total. The second-order valence-corrected chi connectivity index (χ2v) is 6.70. The van der Waals surface area contributed by atoms with E-state index in [4.69, 9.17) is 4.74 Å². The first kappa shape index (κ1) is 14.2. The smallest absolute Gasteiger partial charge is 0.282 e. The maximum Gasteiger partial charge on any atom is 0.282 e. The zero-order valence-corrected chi connectivity index (χ0v) is 11.8. The van der Waals surface area contributed by atoms with E-state index in [9.17, 15) is 8.42 Å². The van der Waals surface area contributed by atoms with Crippen molar-refractivity contribution in [1.82, 2.24) is 13.9 Å². The lowest BCUT2D eigenvalue weighted by atomic mass is 10.2. The minimum atomic E-state index is -3.30. The van der Waals surface area contributed by atoms with E-state index in [1.165, 1.54) is 0 Å². The van der Waals surface area contributed by atoms with E-state index in [1.807, 2.05) is 6.92 Å². The number of hydrogen-bond acceptors (Lipinski definition) is 4. The molecule has 0 aromatic heterocycles. The molecule has 0 aliphatic carbocycles. The molecule has 106 valence electrons. The molecule has 18 heavy (non-hydrogen) atoms. The van der Waals surface area contributed by atoms with Gasteiger partial charge in [-0.05, 0) is 19.4 Å². The van der Waals surface area contributed by atoms with Crippen LogP contribution in [-0.2, 0) is 14.9 Å². The Labute approximate surface area is 109 Å². The van der Waals surface area contributed by atoms with Gasteiger partial charge in [-0.2, -0.15) is 17.0 Å². The van der Waals surface area contributed by atoms with Gasteiger partial charge in [0.15, 0.2) is 0 Å². The van der Waals surface area contributed by atoms with Gasteiger partial charge < -0.3 is 10.1 Å². The summed E-state index contributed by atoms with van der Waals surface area (Å²) in [5.41, 5.74) is 0. The first-order valence-corrected chi connectivity index (χ1v) is 8.12. The Balaban J connectivity index is 2.04. The Kier molecular flexibility index (Phi) is 4.97. The molecule has 0 spiro atoms. The summed E-state index contributed by atoms with van der Waals surface area (Å²) in [7, 11) is -3.30. The van der Waals surface area contributed by atoms with Crippen LogP contribution in [-0.4, -0.2) is 69.0 Å². The number of morpholine rings is 1. The van der Waals surface area contributed by atoms with Crippen LogP contribution in [0, 0.1) is 0 Å². The van der Waals surface area contributed by atoms with Crippen LogP contribution in [0.3, 0.4) is 0 Å². The summed E-state index contributed by atoms with van der Waals surface area (Å²) in [6.45, 7) is 6.31. The summed E-state index contributed by atoms with van der Waals surface area (Å²) < 4.78 is 33.8. The highest BCUT2D eigenvalue weighted by atomic mass is 32.2. The van der Waals surface area contributed by atoms with Crippen LogP contribution in [0.4, 0.5) is 0 Å². The second-order valence-electron chi connectivity index (χ2n) is 4.77. The fraction of sp³-hybridized carbons (Fsp3) is 1.00. The lowest BCUT2D eigenvalue weighted by Gasteiger charge is -2.34. The van der Waals surface area contributed by atoms with Crippen LogP contribution in [0.1, 0.15) is 19.8 Å². The van der Waals surface area contributed by atoms with Gasteiger partial charge in [-0.15, -0.1) is 0 Å². The van der Waals surface area contributed by atoms with E-state index in [0.717, 1.165) is 25.9 Å². The van der Waals surface area contributed by atoms with E-state index in [0.29, 0.717) is 32.8 Å². The molecule has 1 unspecified atom stereocenters. The van der Waals surface area contributed by atoms with Crippen molar-refractivity contribution in [2.75, 3.05) is 45.9 Å². The van der Waals surface area contributed by atoms with Crippen molar-refractivity contribution in [2.45, 2.75) is 25.9 Å². The van der Waals surface area contributed by atoms with Crippen molar-refractivity contribution >= 4 is 10.2 Å². The maximum absolute atomic E-state index is 12.5. The van der Waals surface area contributed by atoms with Gasteiger partial charge in [-0.3, -0.25) is 0 Å². The van der Waals surface area contributed by atoms with Gasteiger partial charge in [0.05, 0.1) is 12.7 Å². The molecule has 0 amide bonds. The van der Waals surface area contributed by atoms with Crippen molar-refractivity contribution in [2.24, 2.45) is 0 Å². The number of rotatable bonds is 3. The van der Waals surface area contributed by atoms with Crippen molar-refractivity contribution < 1.29 is 13.2 Å². The summed E-state index contributed by atoms with van der Waals surface area (Å²) in [6, 6.07) is 0. The third kappa shape index (κ3) is 3.21. The molecule has 6 nitrogen and oxygen atoms in total. The molecular weight excluding hydrogens is 254 g/mol. The number of nitrogens with one attached hydrogen (secondary N) is 1.